The molecular formula is C23H28N4O5. The van der Waals surface area contributed by atoms with Crippen molar-refractivity contribution in [1.82, 2.24) is 9.47 Å². The quantitative estimate of drug-likeness (QED) is 0.761. The average molecular weight is 441 g/mol. The topological polar surface area (TPSA) is 102 Å². The third-order valence-corrected chi connectivity index (χ3v) is 5.94. The number of aryl methyl sites for hydroxylation is 2. The smallest absolute Gasteiger partial charge is 0.323 e. The Kier molecular flexibility index (Phi) is 6.29. The Labute approximate surface area is 186 Å². The zero-order valence-electron chi connectivity index (χ0n) is 18.3. The molecule has 2 N–H and O–H groups in total. The second-order valence-electron chi connectivity index (χ2n) is 8.21. The van der Waals surface area contributed by atoms with Crippen LogP contribution in [0.3, 0.4) is 0 Å². The van der Waals surface area contributed by atoms with Gasteiger partial charge in [0.05, 0.1) is 13.2 Å². The van der Waals surface area contributed by atoms with Gasteiger partial charge < -0.3 is 29.6 Å². The molecule has 170 valence electrons. The summed E-state index contributed by atoms with van der Waals surface area (Å²) in [6, 6.07) is 10.1. The number of amides is 3. The second-order valence-corrected chi connectivity index (χ2v) is 8.21. The minimum absolute atomic E-state index is 0.0888. The van der Waals surface area contributed by atoms with Gasteiger partial charge in [-0.05, 0) is 38.1 Å². The van der Waals surface area contributed by atoms with Crippen molar-refractivity contribution in [2.45, 2.75) is 39.0 Å². The van der Waals surface area contributed by atoms with Crippen LogP contribution in [0.25, 0.3) is 0 Å². The van der Waals surface area contributed by atoms with Gasteiger partial charge >= 0.3 is 6.03 Å². The summed E-state index contributed by atoms with van der Waals surface area (Å²) >= 11 is 0. The first-order chi connectivity index (χ1) is 15.3. The predicted octanol–water partition coefficient (Wildman–Crippen LogP) is 2.47. The Morgan fingerprint density at radius 1 is 0.969 bits per heavy atom. The number of rotatable bonds is 4. The third-order valence-electron chi connectivity index (χ3n) is 5.94. The van der Waals surface area contributed by atoms with E-state index in [2.05, 4.69) is 10.6 Å². The van der Waals surface area contributed by atoms with Crippen LogP contribution >= 0.6 is 0 Å². The first-order valence-electron chi connectivity index (χ1n) is 10.8. The van der Waals surface area contributed by atoms with Gasteiger partial charge in [-0.3, -0.25) is 9.59 Å². The molecule has 0 atom stereocenters. The monoisotopic (exact) mass is 440 g/mol. The molecule has 0 aliphatic carbocycles. The Morgan fingerprint density at radius 2 is 1.62 bits per heavy atom. The van der Waals surface area contributed by atoms with Crippen LogP contribution in [0.4, 0.5) is 16.2 Å². The van der Waals surface area contributed by atoms with Gasteiger partial charge in [0.1, 0.15) is 12.2 Å². The number of aromatic nitrogens is 1. The Balaban J connectivity index is 1.40. The number of anilines is 2. The highest BCUT2D eigenvalue weighted by Crippen LogP contribution is 2.31. The summed E-state index contributed by atoms with van der Waals surface area (Å²) in [6.45, 7) is 5.83. The van der Waals surface area contributed by atoms with E-state index in [1.54, 1.807) is 36.1 Å². The van der Waals surface area contributed by atoms with Gasteiger partial charge in [0.15, 0.2) is 5.79 Å². The summed E-state index contributed by atoms with van der Waals surface area (Å²) in [4.78, 5) is 39.9. The van der Waals surface area contributed by atoms with Crippen molar-refractivity contribution in [2.75, 3.05) is 36.9 Å². The van der Waals surface area contributed by atoms with E-state index in [9.17, 15) is 14.4 Å². The number of pyridine rings is 1. The minimum Gasteiger partial charge on any atom is -0.347 e. The number of carbonyl (C=O) groups is 2. The van der Waals surface area contributed by atoms with Gasteiger partial charge in [-0.2, -0.15) is 0 Å². The molecule has 9 nitrogen and oxygen atoms in total. The number of nitrogens with one attached hydrogen (secondary N) is 2. The van der Waals surface area contributed by atoms with E-state index < -0.39 is 17.4 Å². The van der Waals surface area contributed by atoms with Crippen LogP contribution in [0.1, 0.15) is 24.1 Å². The van der Waals surface area contributed by atoms with E-state index in [1.807, 2.05) is 19.1 Å². The van der Waals surface area contributed by atoms with E-state index in [0.29, 0.717) is 50.5 Å². The molecule has 2 saturated heterocycles. The summed E-state index contributed by atoms with van der Waals surface area (Å²) in [5, 5.41) is 5.28. The highest BCUT2D eigenvalue weighted by atomic mass is 16.7. The zero-order chi connectivity index (χ0) is 22.7. The maximum atomic E-state index is 13.0. The van der Waals surface area contributed by atoms with Gasteiger partial charge in [0.25, 0.3) is 5.56 Å². The van der Waals surface area contributed by atoms with E-state index >= 15 is 0 Å². The van der Waals surface area contributed by atoms with Crippen molar-refractivity contribution in [1.29, 1.82) is 0 Å². The summed E-state index contributed by atoms with van der Waals surface area (Å²) in [5.74, 6) is -0.706. The Bertz CT molecular complexity index is 1050. The maximum Gasteiger partial charge on any atom is 0.323 e. The minimum atomic E-state index is -0.557. The lowest BCUT2D eigenvalue weighted by molar-refractivity contribution is -0.187. The SMILES string of the molecule is Cc1ccc(NC(=O)Nc2ccc(C)n(CC(=O)N3CCC4(CC3)OCCO4)c2=O)cc1. The molecule has 1 aromatic carbocycles. The standard InChI is InChI=1S/C23H28N4O5/c1-16-3-6-18(7-4-16)24-22(30)25-19-8-5-17(2)27(21(19)29)15-20(28)26-11-9-23(10-12-26)31-13-14-32-23/h3-8H,9-15H2,1-2H3,(H2,24,25,30). The highest BCUT2D eigenvalue weighted by Gasteiger charge is 2.40. The molecule has 4 rings (SSSR count). The number of hydrogen-bond donors (Lipinski definition) is 2. The van der Waals surface area contributed by atoms with Crippen molar-refractivity contribution in [3.8, 4) is 0 Å². The molecule has 9 heteroatoms. The molecule has 1 aromatic heterocycles. The molecule has 0 bridgehead atoms. The predicted molar refractivity (Wildman–Crippen MR) is 120 cm³/mol. The molecule has 3 amide bonds. The Hall–Kier alpha value is -3.17. The lowest BCUT2D eigenvalue weighted by Gasteiger charge is -2.37. The number of hydrogen-bond acceptors (Lipinski definition) is 5. The molecule has 2 aliphatic heterocycles. The normalized spacial score (nSPS) is 17.4. The van der Waals surface area contributed by atoms with Crippen LogP contribution in [0, 0.1) is 13.8 Å². The molecule has 32 heavy (non-hydrogen) atoms. The molecular weight excluding hydrogens is 412 g/mol. The third kappa shape index (κ3) is 4.84. The Morgan fingerprint density at radius 3 is 2.28 bits per heavy atom. The van der Waals surface area contributed by atoms with E-state index in [-0.39, 0.29) is 18.1 Å². The van der Waals surface area contributed by atoms with Crippen molar-refractivity contribution >= 4 is 23.3 Å². The lowest BCUT2D eigenvalue weighted by atomic mass is 10.0. The molecule has 2 fully saturated rings. The zero-order valence-corrected chi connectivity index (χ0v) is 18.3. The molecule has 0 radical (unpaired) electrons. The van der Waals surface area contributed by atoms with Crippen molar-refractivity contribution in [3.63, 3.8) is 0 Å². The van der Waals surface area contributed by atoms with Crippen molar-refractivity contribution < 1.29 is 19.1 Å². The lowest BCUT2D eigenvalue weighted by Crippen LogP contribution is -2.48. The largest absolute Gasteiger partial charge is 0.347 e. The summed E-state index contributed by atoms with van der Waals surface area (Å²) in [6.07, 6.45) is 1.24. The van der Waals surface area contributed by atoms with Crippen LogP contribution in [0.5, 0.6) is 0 Å². The number of ether oxygens (including phenoxy) is 2. The van der Waals surface area contributed by atoms with E-state index in [0.717, 1.165) is 5.56 Å². The molecule has 0 unspecified atom stereocenters. The van der Waals surface area contributed by atoms with E-state index in [1.165, 1.54) is 4.57 Å². The van der Waals surface area contributed by atoms with Crippen molar-refractivity contribution in [2.24, 2.45) is 0 Å². The first kappa shape index (κ1) is 22.0. The number of carbonyl (C=O) groups excluding carboxylic acids is 2. The van der Waals surface area contributed by atoms with Crippen LogP contribution in [0.2, 0.25) is 0 Å². The fraction of sp³-hybridized carbons (Fsp3) is 0.435. The summed E-state index contributed by atoms with van der Waals surface area (Å²) < 4.78 is 12.8. The fourth-order valence-electron chi connectivity index (χ4n) is 4.00. The van der Waals surface area contributed by atoms with Crippen LogP contribution in [-0.2, 0) is 20.8 Å². The molecule has 2 aliphatic rings. The van der Waals surface area contributed by atoms with Crippen molar-refractivity contribution in [3.05, 3.63) is 58.0 Å². The second kappa shape index (κ2) is 9.13. The molecule has 3 heterocycles. The number of urea groups is 1. The van der Waals surface area contributed by atoms with Gasteiger partial charge in [-0.1, -0.05) is 17.7 Å². The van der Waals surface area contributed by atoms with Crippen LogP contribution < -0.4 is 16.2 Å². The van der Waals surface area contributed by atoms with Gasteiger partial charge in [-0.15, -0.1) is 0 Å². The van der Waals surface area contributed by atoms with Crippen LogP contribution in [0.15, 0.2) is 41.2 Å². The van der Waals surface area contributed by atoms with Gasteiger partial charge in [0.2, 0.25) is 5.91 Å². The summed E-state index contributed by atoms with van der Waals surface area (Å²) in [5.41, 5.74) is 2.03. The van der Waals surface area contributed by atoms with Crippen LogP contribution in [-0.4, -0.2) is 53.5 Å². The van der Waals surface area contributed by atoms with Gasteiger partial charge in [0, 0.05) is 37.3 Å². The average Bonchev–Trinajstić information content (AvgIpc) is 3.23. The van der Waals surface area contributed by atoms with Gasteiger partial charge in [-0.25, -0.2) is 4.79 Å². The maximum absolute atomic E-state index is 13.0. The fourth-order valence-corrected chi connectivity index (χ4v) is 4.00. The number of nitrogens with zero attached hydrogens (tertiary/aromatic N) is 2. The molecule has 1 spiro atoms. The molecule has 0 saturated carbocycles. The first-order valence-corrected chi connectivity index (χ1v) is 10.8. The highest BCUT2D eigenvalue weighted by molar-refractivity contribution is 5.99. The molecule has 2 aromatic rings. The number of benzene rings is 1. The number of likely N-dealkylation sites (tertiary alicyclic amines) is 1. The summed E-state index contributed by atoms with van der Waals surface area (Å²) in [7, 11) is 0. The number of piperidine rings is 1. The van der Waals surface area contributed by atoms with E-state index in [4.69, 9.17) is 9.47 Å².